The van der Waals surface area contributed by atoms with Gasteiger partial charge < -0.3 is 5.11 Å². The van der Waals surface area contributed by atoms with Gasteiger partial charge in [0.15, 0.2) is 0 Å². The number of hydrogen-bond donors (Lipinski definition) is 1. The molecular weight excluding hydrogens is 196 g/mol. The third kappa shape index (κ3) is 4.36. The van der Waals surface area contributed by atoms with E-state index in [4.69, 9.17) is 0 Å². The Morgan fingerprint density at radius 3 is 2.38 bits per heavy atom. The highest BCUT2D eigenvalue weighted by molar-refractivity contribution is 5.15. The zero-order valence-corrected chi connectivity index (χ0v) is 10.5. The maximum atomic E-state index is 10.2. The molecule has 0 aliphatic heterocycles. The summed E-state index contributed by atoms with van der Waals surface area (Å²) in [5, 5.41) is 10.2. The molecule has 0 spiro atoms. The molecule has 0 radical (unpaired) electrons. The van der Waals surface area contributed by atoms with Crippen molar-refractivity contribution in [1.82, 2.24) is 0 Å². The quantitative estimate of drug-likeness (QED) is 0.741. The summed E-state index contributed by atoms with van der Waals surface area (Å²) >= 11 is 0. The monoisotopic (exact) mass is 220 g/mol. The number of benzene rings is 1. The molecular formula is C15H24O. The van der Waals surface area contributed by atoms with Crippen LogP contribution in [0.3, 0.4) is 0 Å². The number of unbranched alkanes of at least 4 members (excludes halogenated alkanes) is 1. The molecule has 1 N–H and O–H groups in total. The molecule has 0 saturated heterocycles. The number of rotatable bonds is 7. The third-order valence-corrected chi connectivity index (χ3v) is 3.28. The molecule has 1 aromatic rings. The fourth-order valence-electron chi connectivity index (χ4n) is 2.16. The van der Waals surface area contributed by atoms with Gasteiger partial charge in [-0.25, -0.2) is 0 Å². The van der Waals surface area contributed by atoms with E-state index in [9.17, 15) is 5.11 Å². The van der Waals surface area contributed by atoms with Crippen molar-refractivity contribution in [2.75, 3.05) is 0 Å². The largest absolute Gasteiger partial charge is 0.392 e. The molecule has 90 valence electrons. The van der Waals surface area contributed by atoms with Crippen molar-refractivity contribution >= 4 is 0 Å². The van der Waals surface area contributed by atoms with E-state index in [0.29, 0.717) is 5.92 Å². The molecule has 1 nitrogen and oxygen atoms in total. The molecule has 2 atom stereocenters. The van der Waals surface area contributed by atoms with E-state index in [1.54, 1.807) is 0 Å². The van der Waals surface area contributed by atoms with E-state index in [-0.39, 0.29) is 6.10 Å². The second-order valence-corrected chi connectivity index (χ2v) is 4.57. The Morgan fingerprint density at radius 1 is 1.12 bits per heavy atom. The predicted octanol–water partition coefficient (Wildman–Crippen LogP) is 3.81. The van der Waals surface area contributed by atoms with Crippen molar-refractivity contribution in [2.45, 2.75) is 52.1 Å². The van der Waals surface area contributed by atoms with Gasteiger partial charge in [-0.2, -0.15) is 0 Å². The lowest BCUT2D eigenvalue weighted by atomic mass is 9.90. The molecule has 0 aromatic heterocycles. The molecule has 1 aromatic carbocycles. The average Bonchev–Trinajstić information content (AvgIpc) is 2.31. The topological polar surface area (TPSA) is 20.2 Å². The number of hydrogen-bond acceptors (Lipinski definition) is 1. The van der Waals surface area contributed by atoms with E-state index in [2.05, 4.69) is 26.0 Å². The van der Waals surface area contributed by atoms with Crippen molar-refractivity contribution in [2.24, 2.45) is 5.92 Å². The van der Waals surface area contributed by atoms with Crippen molar-refractivity contribution in [3.8, 4) is 0 Å². The molecule has 1 heteroatoms. The highest BCUT2D eigenvalue weighted by Crippen LogP contribution is 2.19. The van der Waals surface area contributed by atoms with Crippen LogP contribution in [0.1, 0.15) is 45.1 Å². The summed E-state index contributed by atoms with van der Waals surface area (Å²) in [5.41, 5.74) is 1.24. The fraction of sp³-hybridized carbons (Fsp3) is 0.600. The van der Waals surface area contributed by atoms with E-state index in [1.165, 1.54) is 18.4 Å². The van der Waals surface area contributed by atoms with Gasteiger partial charge in [-0.15, -0.1) is 0 Å². The normalized spacial score (nSPS) is 14.7. The van der Waals surface area contributed by atoms with Crippen molar-refractivity contribution in [1.29, 1.82) is 0 Å². The average molecular weight is 220 g/mol. The van der Waals surface area contributed by atoms with Gasteiger partial charge in [0.1, 0.15) is 0 Å². The Morgan fingerprint density at radius 2 is 1.81 bits per heavy atom. The summed E-state index contributed by atoms with van der Waals surface area (Å²) in [5.74, 6) is 0.458. The molecule has 0 heterocycles. The van der Waals surface area contributed by atoms with Gasteiger partial charge in [-0.1, -0.05) is 63.4 Å². The van der Waals surface area contributed by atoms with Crippen LogP contribution in [0.2, 0.25) is 0 Å². The SMILES string of the molecule is CCCC[C@@H](CC)[C@H](O)Cc1ccccc1. The lowest BCUT2D eigenvalue weighted by molar-refractivity contribution is 0.0987. The Balaban J connectivity index is 2.46. The Kier molecular flexibility index (Phi) is 6.17. The van der Waals surface area contributed by atoms with Crippen LogP contribution in [0.5, 0.6) is 0 Å². The van der Waals surface area contributed by atoms with Crippen LogP contribution >= 0.6 is 0 Å². The minimum absolute atomic E-state index is 0.182. The Bertz CT molecular complexity index is 268. The van der Waals surface area contributed by atoms with Crippen molar-refractivity contribution in [3.05, 3.63) is 35.9 Å². The summed E-state index contributed by atoms with van der Waals surface area (Å²) in [6.45, 7) is 4.38. The van der Waals surface area contributed by atoms with E-state index in [0.717, 1.165) is 19.3 Å². The molecule has 1 rings (SSSR count). The molecule has 0 aliphatic rings. The van der Waals surface area contributed by atoms with Crippen LogP contribution in [0.15, 0.2) is 30.3 Å². The van der Waals surface area contributed by atoms with E-state index < -0.39 is 0 Å². The summed E-state index contributed by atoms with van der Waals surface area (Å²) in [6.07, 6.45) is 5.29. The van der Waals surface area contributed by atoms with Crippen molar-refractivity contribution < 1.29 is 5.11 Å². The summed E-state index contributed by atoms with van der Waals surface area (Å²) in [4.78, 5) is 0. The molecule has 0 aliphatic carbocycles. The lowest BCUT2D eigenvalue weighted by Gasteiger charge is -2.21. The van der Waals surface area contributed by atoms with Gasteiger partial charge in [0.2, 0.25) is 0 Å². The lowest BCUT2D eigenvalue weighted by Crippen LogP contribution is -2.22. The van der Waals surface area contributed by atoms with Gasteiger partial charge >= 0.3 is 0 Å². The van der Waals surface area contributed by atoms with Crippen LogP contribution < -0.4 is 0 Å². The highest BCUT2D eigenvalue weighted by atomic mass is 16.3. The Labute approximate surface area is 99.5 Å². The van der Waals surface area contributed by atoms with Gasteiger partial charge in [-0.05, 0) is 24.3 Å². The first kappa shape index (κ1) is 13.2. The summed E-state index contributed by atoms with van der Waals surface area (Å²) in [7, 11) is 0. The van der Waals surface area contributed by atoms with Gasteiger partial charge in [-0.3, -0.25) is 0 Å². The minimum Gasteiger partial charge on any atom is -0.392 e. The first-order valence-electron chi connectivity index (χ1n) is 6.49. The molecule has 0 unspecified atom stereocenters. The van der Waals surface area contributed by atoms with Gasteiger partial charge in [0.05, 0.1) is 6.10 Å². The standard InChI is InChI=1S/C15H24O/c1-3-5-11-14(4-2)15(16)12-13-9-7-6-8-10-13/h6-10,14-16H,3-5,11-12H2,1-2H3/t14-,15-/m1/s1. The summed E-state index contributed by atoms with van der Waals surface area (Å²) in [6, 6.07) is 10.3. The second-order valence-electron chi connectivity index (χ2n) is 4.57. The smallest absolute Gasteiger partial charge is 0.0608 e. The van der Waals surface area contributed by atoms with Crippen LogP contribution in [-0.2, 0) is 6.42 Å². The van der Waals surface area contributed by atoms with Gasteiger partial charge in [0, 0.05) is 0 Å². The first-order valence-corrected chi connectivity index (χ1v) is 6.49. The fourth-order valence-corrected chi connectivity index (χ4v) is 2.16. The van der Waals surface area contributed by atoms with Crippen LogP contribution in [0, 0.1) is 5.92 Å². The molecule has 0 fully saturated rings. The zero-order valence-electron chi connectivity index (χ0n) is 10.5. The third-order valence-electron chi connectivity index (χ3n) is 3.28. The van der Waals surface area contributed by atoms with E-state index >= 15 is 0 Å². The molecule has 16 heavy (non-hydrogen) atoms. The number of aliphatic hydroxyl groups is 1. The first-order chi connectivity index (χ1) is 7.77. The van der Waals surface area contributed by atoms with Crippen LogP contribution in [0.4, 0.5) is 0 Å². The molecule has 0 bridgehead atoms. The molecule has 0 amide bonds. The number of aliphatic hydroxyl groups excluding tert-OH is 1. The van der Waals surface area contributed by atoms with Gasteiger partial charge in [0.25, 0.3) is 0 Å². The highest BCUT2D eigenvalue weighted by Gasteiger charge is 2.16. The maximum absolute atomic E-state index is 10.2. The van der Waals surface area contributed by atoms with E-state index in [1.807, 2.05) is 18.2 Å². The molecule has 0 saturated carbocycles. The maximum Gasteiger partial charge on any atom is 0.0608 e. The van der Waals surface area contributed by atoms with Crippen molar-refractivity contribution in [3.63, 3.8) is 0 Å². The second kappa shape index (κ2) is 7.45. The predicted molar refractivity (Wildman–Crippen MR) is 69.5 cm³/mol. The Hall–Kier alpha value is -0.820. The summed E-state index contributed by atoms with van der Waals surface area (Å²) < 4.78 is 0. The van der Waals surface area contributed by atoms with Crippen LogP contribution in [-0.4, -0.2) is 11.2 Å². The zero-order chi connectivity index (χ0) is 11.8. The minimum atomic E-state index is -0.182. The van der Waals surface area contributed by atoms with Crippen LogP contribution in [0.25, 0.3) is 0 Å².